The number of likely N-dealkylation sites (tertiary alicyclic amines) is 1. The predicted octanol–water partition coefficient (Wildman–Crippen LogP) is 3.76. The Labute approximate surface area is 190 Å². The Morgan fingerprint density at radius 2 is 1.86 bits per heavy atom. The molecule has 0 aliphatic carbocycles. The van der Waals surface area contributed by atoms with E-state index in [1.807, 2.05) is 36.4 Å². The van der Waals surface area contributed by atoms with Crippen molar-refractivity contribution in [2.24, 2.45) is 10.7 Å². The summed E-state index contributed by atoms with van der Waals surface area (Å²) >= 11 is 0. The van der Waals surface area contributed by atoms with Crippen LogP contribution >= 0.6 is 24.0 Å². The third kappa shape index (κ3) is 8.10. The molecule has 0 amide bonds. The topological polar surface area (TPSA) is 72.1 Å². The maximum Gasteiger partial charge on any atom is 0.193 e. The number of anilines is 1. The summed E-state index contributed by atoms with van der Waals surface area (Å²) < 4.78 is 11.0. The zero-order chi connectivity index (χ0) is 19.6. The first-order valence-electron chi connectivity index (χ1n) is 9.88. The first-order chi connectivity index (χ1) is 13.7. The molecule has 1 fully saturated rings. The highest BCUT2D eigenvalue weighted by atomic mass is 127. The summed E-state index contributed by atoms with van der Waals surface area (Å²) in [5.41, 5.74) is 8.04. The average Bonchev–Trinajstić information content (AvgIpc) is 3.23. The number of rotatable bonds is 9. The van der Waals surface area contributed by atoms with Crippen LogP contribution in [0.5, 0.6) is 11.5 Å². The van der Waals surface area contributed by atoms with Crippen LogP contribution < -0.4 is 20.5 Å². The van der Waals surface area contributed by atoms with Crippen molar-refractivity contribution < 1.29 is 9.47 Å². The van der Waals surface area contributed by atoms with E-state index in [-0.39, 0.29) is 24.0 Å². The Kier molecular flexibility index (Phi) is 10.1. The van der Waals surface area contributed by atoms with Gasteiger partial charge in [-0.15, -0.1) is 24.0 Å². The van der Waals surface area contributed by atoms with Gasteiger partial charge in [0.1, 0.15) is 18.1 Å². The second-order valence-corrected chi connectivity index (χ2v) is 6.92. The molecule has 1 aliphatic rings. The molecule has 3 rings (SSSR count). The van der Waals surface area contributed by atoms with Crippen molar-refractivity contribution >= 4 is 35.6 Å². The summed E-state index contributed by atoms with van der Waals surface area (Å²) in [5, 5.41) is 3.08. The van der Waals surface area contributed by atoms with Crippen LogP contribution in [-0.4, -0.2) is 50.8 Å². The number of nitrogens with zero attached hydrogens (tertiary/aromatic N) is 2. The number of hydrogen-bond donors (Lipinski definition) is 2. The first-order valence-corrected chi connectivity index (χ1v) is 9.88. The quantitative estimate of drug-likeness (QED) is 0.306. The van der Waals surface area contributed by atoms with Crippen molar-refractivity contribution in [3.63, 3.8) is 0 Å². The van der Waals surface area contributed by atoms with Crippen molar-refractivity contribution in [2.45, 2.75) is 19.3 Å². The third-order valence-electron chi connectivity index (χ3n) is 4.82. The molecule has 1 aliphatic heterocycles. The molecule has 0 unspecified atom stereocenters. The molecule has 158 valence electrons. The van der Waals surface area contributed by atoms with Gasteiger partial charge < -0.3 is 20.5 Å². The van der Waals surface area contributed by atoms with Crippen molar-refractivity contribution in [1.29, 1.82) is 0 Å². The molecule has 0 radical (unpaired) electrons. The minimum atomic E-state index is 0. The van der Waals surface area contributed by atoms with Gasteiger partial charge in [-0.05, 0) is 62.2 Å². The fourth-order valence-corrected chi connectivity index (χ4v) is 3.24. The number of halogens is 1. The Balaban J connectivity index is 0.00000300. The standard InChI is InChI=1S/C22H30N4O2.HI/c1-27-21-6-4-5-19(17-21)25-22(23)24-12-11-18-7-9-20(10-8-18)28-16-15-26-13-2-3-14-26;/h4-10,17H,2-3,11-16H2,1H3,(H3,23,24,25);1H. The van der Waals surface area contributed by atoms with Gasteiger partial charge in [0.15, 0.2) is 5.96 Å². The molecular weight excluding hydrogens is 479 g/mol. The van der Waals surface area contributed by atoms with Crippen LogP contribution in [0.2, 0.25) is 0 Å². The minimum Gasteiger partial charge on any atom is -0.497 e. The highest BCUT2D eigenvalue weighted by molar-refractivity contribution is 14.0. The van der Waals surface area contributed by atoms with Crippen LogP contribution in [0.25, 0.3) is 0 Å². The summed E-state index contributed by atoms with van der Waals surface area (Å²) in [6.45, 7) is 4.79. The van der Waals surface area contributed by atoms with E-state index in [2.05, 4.69) is 27.3 Å². The molecule has 0 aromatic heterocycles. The second kappa shape index (κ2) is 12.5. The Bertz CT molecular complexity index is 762. The molecule has 0 atom stereocenters. The Morgan fingerprint density at radius 3 is 2.59 bits per heavy atom. The van der Waals surface area contributed by atoms with Gasteiger partial charge in [-0.2, -0.15) is 0 Å². The Hall–Kier alpha value is -2.00. The third-order valence-corrected chi connectivity index (χ3v) is 4.82. The lowest BCUT2D eigenvalue weighted by Crippen LogP contribution is -2.25. The highest BCUT2D eigenvalue weighted by Crippen LogP contribution is 2.16. The van der Waals surface area contributed by atoms with E-state index >= 15 is 0 Å². The van der Waals surface area contributed by atoms with Crippen LogP contribution in [0.3, 0.4) is 0 Å². The first kappa shape index (κ1) is 23.3. The van der Waals surface area contributed by atoms with Crippen LogP contribution in [0.15, 0.2) is 53.5 Å². The summed E-state index contributed by atoms with van der Waals surface area (Å²) in [6, 6.07) is 15.8. The summed E-state index contributed by atoms with van der Waals surface area (Å²) in [5.74, 6) is 2.10. The number of methoxy groups -OCH3 is 1. The lowest BCUT2D eigenvalue weighted by atomic mass is 10.1. The average molecular weight is 510 g/mol. The number of nitrogens with two attached hydrogens (primary N) is 1. The lowest BCUT2D eigenvalue weighted by Gasteiger charge is -2.15. The zero-order valence-corrected chi connectivity index (χ0v) is 19.3. The molecule has 3 N–H and O–H groups in total. The largest absolute Gasteiger partial charge is 0.497 e. The van der Waals surface area contributed by atoms with Crippen LogP contribution in [0.4, 0.5) is 5.69 Å². The van der Waals surface area contributed by atoms with Gasteiger partial charge in [-0.3, -0.25) is 9.89 Å². The molecular formula is C22H31IN4O2. The number of aliphatic imine (C=N–C) groups is 1. The van der Waals surface area contributed by atoms with E-state index in [0.717, 1.165) is 36.8 Å². The van der Waals surface area contributed by atoms with Gasteiger partial charge in [-0.1, -0.05) is 18.2 Å². The maximum absolute atomic E-state index is 5.97. The fourth-order valence-electron chi connectivity index (χ4n) is 3.24. The van der Waals surface area contributed by atoms with Gasteiger partial charge in [0.2, 0.25) is 0 Å². The van der Waals surface area contributed by atoms with E-state index in [9.17, 15) is 0 Å². The van der Waals surface area contributed by atoms with Crippen LogP contribution in [-0.2, 0) is 6.42 Å². The Morgan fingerprint density at radius 1 is 1.10 bits per heavy atom. The molecule has 2 aromatic rings. The summed E-state index contributed by atoms with van der Waals surface area (Å²) in [6.07, 6.45) is 3.46. The number of nitrogens with one attached hydrogen (secondary N) is 1. The van der Waals surface area contributed by atoms with E-state index in [1.165, 1.54) is 31.5 Å². The van der Waals surface area contributed by atoms with Crippen LogP contribution in [0.1, 0.15) is 18.4 Å². The van der Waals surface area contributed by atoms with E-state index in [1.54, 1.807) is 7.11 Å². The van der Waals surface area contributed by atoms with Crippen LogP contribution in [0, 0.1) is 0 Å². The summed E-state index contributed by atoms with van der Waals surface area (Å²) in [4.78, 5) is 6.85. The number of guanidine groups is 1. The second-order valence-electron chi connectivity index (χ2n) is 6.92. The van der Waals surface area contributed by atoms with Gasteiger partial charge in [0.25, 0.3) is 0 Å². The molecule has 6 nitrogen and oxygen atoms in total. The van der Waals surface area contributed by atoms with Gasteiger partial charge in [0, 0.05) is 24.8 Å². The molecule has 1 saturated heterocycles. The number of benzene rings is 2. The molecule has 0 spiro atoms. The maximum atomic E-state index is 5.97. The molecule has 2 aromatic carbocycles. The molecule has 0 bridgehead atoms. The fraction of sp³-hybridized carbons (Fsp3) is 0.409. The van der Waals surface area contributed by atoms with Gasteiger partial charge in [-0.25, -0.2) is 0 Å². The lowest BCUT2D eigenvalue weighted by molar-refractivity contribution is 0.238. The summed E-state index contributed by atoms with van der Waals surface area (Å²) in [7, 11) is 1.64. The van der Waals surface area contributed by atoms with E-state index in [4.69, 9.17) is 15.2 Å². The number of ether oxygens (including phenoxy) is 2. The predicted molar refractivity (Wildman–Crippen MR) is 130 cm³/mol. The number of hydrogen-bond acceptors (Lipinski definition) is 4. The van der Waals surface area contributed by atoms with Gasteiger partial charge in [0.05, 0.1) is 7.11 Å². The normalized spacial score (nSPS) is 14.3. The highest BCUT2D eigenvalue weighted by Gasteiger charge is 2.10. The zero-order valence-electron chi connectivity index (χ0n) is 17.0. The smallest absolute Gasteiger partial charge is 0.193 e. The minimum absolute atomic E-state index is 0. The monoisotopic (exact) mass is 510 g/mol. The molecule has 7 heteroatoms. The van der Waals surface area contributed by atoms with Crippen molar-refractivity contribution in [1.82, 2.24) is 4.90 Å². The molecule has 1 heterocycles. The van der Waals surface area contributed by atoms with E-state index < -0.39 is 0 Å². The van der Waals surface area contributed by atoms with Crippen molar-refractivity contribution in [2.75, 3.05) is 45.2 Å². The molecule has 0 saturated carbocycles. The molecule has 29 heavy (non-hydrogen) atoms. The SMILES string of the molecule is COc1cccc(NC(N)=NCCc2ccc(OCCN3CCCC3)cc2)c1.I. The van der Waals surface area contributed by atoms with E-state index in [0.29, 0.717) is 12.5 Å². The van der Waals surface area contributed by atoms with Crippen molar-refractivity contribution in [3.05, 3.63) is 54.1 Å². The van der Waals surface area contributed by atoms with Gasteiger partial charge >= 0.3 is 0 Å². The van der Waals surface area contributed by atoms with Crippen molar-refractivity contribution in [3.8, 4) is 11.5 Å².